The lowest BCUT2D eigenvalue weighted by Crippen LogP contribution is -2.22. The van der Waals surface area contributed by atoms with Crippen molar-refractivity contribution in [1.29, 1.82) is 0 Å². The lowest BCUT2D eigenvalue weighted by atomic mass is 10.1. The number of aromatic nitrogens is 2. The van der Waals surface area contributed by atoms with Crippen LogP contribution in [0.25, 0.3) is 11.3 Å². The van der Waals surface area contributed by atoms with Crippen molar-refractivity contribution in [1.82, 2.24) is 9.97 Å². The van der Waals surface area contributed by atoms with E-state index >= 15 is 0 Å². The van der Waals surface area contributed by atoms with Crippen molar-refractivity contribution in [2.24, 2.45) is 0 Å². The van der Waals surface area contributed by atoms with Crippen LogP contribution in [-0.2, 0) is 0 Å². The summed E-state index contributed by atoms with van der Waals surface area (Å²) in [6.07, 6.45) is 0. The average Bonchev–Trinajstić information content (AvgIpc) is 2.26. The number of nitrogens with zero attached hydrogens (tertiary/aromatic N) is 1. The molecule has 0 bridgehead atoms. The van der Waals surface area contributed by atoms with Crippen molar-refractivity contribution >= 4 is 5.95 Å². The van der Waals surface area contributed by atoms with E-state index in [1.807, 2.05) is 45.0 Å². The molecule has 3 N–H and O–H groups in total. The molecule has 0 saturated carbocycles. The zero-order chi connectivity index (χ0) is 14.0. The topological polar surface area (TPSA) is 81.0 Å². The van der Waals surface area contributed by atoms with Gasteiger partial charge in [-0.1, -0.05) is 0 Å². The van der Waals surface area contributed by atoms with Crippen molar-refractivity contribution in [2.45, 2.75) is 26.4 Å². The standard InChI is InChI=1S/C14H17N3O2/c1-14(2,3)19-10-6-4-9(5-7-10)11-8-12(18)17-13(15)16-11/h4-8H,1-3H3,(H3,15,16,17,18). The van der Waals surface area contributed by atoms with E-state index in [2.05, 4.69) is 9.97 Å². The van der Waals surface area contributed by atoms with Gasteiger partial charge in [0.15, 0.2) is 0 Å². The summed E-state index contributed by atoms with van der Waals surface area (Å²) in [5, 5.41) is 0. The van der Waals surface area contributed by atoms with Crippen LogP contribution >= 0.6 is 0 Å². The molecule has 0 unspecified atom stereocenters. The number of rotatable bonds is 2. The van der Waals surface area contributed by atoms with Crippen LogP contribution in [0.1, 0.15) is 20.8 Å². The van der Waals surface area contributed by atoms with Crippen LogP contribution in [0.4, 0.5) is 5.95 Å². The Kier molecular flexibility index (Phi) is 3.29. The van der Waals surface area contributed by atoms with E-state index in [-0.39, 0.29) is 17.1 Å². The molecule has 1 aromatic heterocycles. The molecule has 0 amide bonds. The summed E-state index contributed by atoms with van der Waals surface area (Å²) in [6, 6.07) is 8.81. The third-order valence-electron chi connectivity index (χ3n) is 2.33. The summed E-state index contributed by atoms with van der Waals surface area (Å²) in [5.74, 6) is 0.881. The zero-order valence-electron chi connectivity index (χ0n) is 11.2. The van der Waals surface area contributed by atoms with Crippen LogP contribution < -0.4 is 16.0 Å². The lowest BCUT2D eigenvalue weighted by Gasteiger charge is -2.21. The monoisotopic (exact) mass is 259 g/mol. The Morgan fingerprint density at radius 1 is 1.21 bits per heavy atom. The molecule has 0 aliphatic heterocycles. The molecule has 5 heteroatoms. The molecule has 100 valence electrons. The Morgan fingerprint density at radius 3 is 2.37 bits per heavy atom. The van der Waals surface area contributed by atoms with E-state index in [9.17, 15) is 4.79 Å². The van der Waals surface area contributed by atoms with Crippen molar-refractivity contribution < 1.29 is 4.74 Å². The van der Waals surface area contributed by atoms with Crippen LogP contribution in [0.3, 0.4) is 0 Å². The maximum absolute atomic E-state index is 11.3. The second kappa shape index (κ2) is 4.76. The SMILES string of the molecule is CC(C)(C)Oc1ccc(-c2cc(=O)[nH]c(N)n2)cc1. The summed E-state index contributed by atoms with van der Waals surface area (Å²) in [4.78, 5) is 17.8. The zero-order valence-corrected chi connectivity index (χ0v) is 11.2. The van der Waals surface area contributed by atoms with Gasteiger partial charge in [-0.25, -0.2) is 4.98 Å². The molecule has 2 rings (SSSR count). The van der Waals surface area contributed by atoms with Crippen molar-refractivity contribution in [3.05, 3.63) is 40.7 Å². The van der Waals surface area contributed by atoms with E-state index in [0.29, 0.717) is 5.69 Å². The molecule has 0 aliphatic carbocycles. The highest BCUT2D eigenvalue weighted by Gasteiger charge is 2.11. The van der Waals surface area contributed by atoms with Crippen LogP contribution in [0, 0.1) is 0 Å². The van der Waals surface area contributed by atoms with Crippen molar-refractivity contribution in [2.75, 3.05) is 5.73 Å². The molecule has 5 nitrogen and oxygen atoms in total. The van der Waals surface area contributed by atoms with Crippen LogP contribution in [-0.4, -0.2) is 15.6 Å². The molecular formula is C14H17N3O2. The molecule has 0 fully saturated rings. The second-order valence-corrected chi connectivity index (χ2v) is 5.25. The highest BCUT2D eigenvalue weighted by molar-refractivity contribution is 5.60. The molecule has 0 radical (unpaired) electrons. The molecule has 2 aromatic rings. The van der Waals surface area contributed by atoms with E-state index in [4.69, 9.17) is 10.5 Å². The Morgan fingerprint density at radius 2 is 1.84 bits per heavy atom. The van der Waals surface area contributed by atoms with Gasteiger partial charge < -0.3 is 10.5 Å². The van der Waals surface area contributed by atoms with Crippen LogP contribution in [0.5, 0.6) is 5.75 Å². The number of nitrogen functional groups attached to an aromatic ring is 1. The van der Waals surface area contributed by atoms with Crippen LogP contribution in [0.2, 0.25) is 0 Å². The molecule has 0 aliphatic rings. The minimum Gasteiger partial charge on any atom is -0.488 e. The summed E-state index contributed by atoms with van der Waals surface area (Å²) < 4.78 is 5.73. The van der Waals surface area contributed by atoms with Gasteiger partial charge in [0.05, 0.1) is 5.69 Å². The summed E-state index contributed by atoms with van der Waals surface area (Å²) in [6.45, 7) is 5.96. The number of nitrogens with one attached hydrogen (secondary N) is 1. The van der Waals surface area contributed by atoms with Gasteiger partial charge in [-0.15, -0.1) is 0 Å². The van der Waals surface area contributed by atoms with Gasteiger partial charge in [0.25, 0.3) is 5.56 Å². The number of benzene rings is 1. The number of hydrogen-bond donors (Lipinski definition) is 2. The summed E-state index contributed by atoms with van der Waals surface area (Å²) in [5.41, 5.74) is 6.37. The van der Waals surface area contributed by atoms with Gasteiger partial charge in [0, 0.05) is 11.6 Å². The fourth-order valence-corrected chi connectivity index (χ4v) is 1.67. The van der Waals surface area contributed by atoms with Gasteiger partial charge in [0.1, 0.15) is 11.4 Å². The predicted molar refractivity (Wildman–Crippen MR) is 75.1 cm³/mol. The first-order valence-corrected chi connectivity index (χ1v) is 6.00. The van der Waals surface area contributed by atoms with E-state index in [0.717, 1.165) is 11.3 Å². The normalized spacial score (nSPS) is 11.3. The molecule has 1 aromatic carbocycles. The third-order valence-corrected chi connectivity index (χ3v) is 2.33. The van der Waals surface area contributed by atoms with Crippen molar-refractivity contribution in [3.8, 4) is 17.0 Å². The molecule has 19 heavy (non-hydrogen) atoms. The van der Waals surface area contributed by atoms with Gasteiger partial charge in [-0.05, 0) is 45.0 Å². The van der Waals surface area contributed by atoms with Gasteiger partial charge in [-0.3, -0.25) is 9.78 Å². The fraction of sp³-hybridized carbons (Fsp3) is 0.286. The van der Waals surface area contributed by atoms with Gasteiger partial charge in [0.2, 0.25) is 5.95 Å². The van der Waals surface area contributed by atoms with Gasteiger partial charge in [-0.2, -0.15) is 0 Å². The van der Waals surface area contributed by atoms with E-state index < -0.39 is 0 Å². The Balaban J connectivity index is 2.30. The van der Waals surface area contributed by atoms with E-state index in [1.165, 1.54) is 6.07 Å². The minimum atomic E-state index is -0.266. The second-order valence-electron chi connectivity index (χ2n) is 5.25. The maximum Gasteiger partial charge on any atom is 0.252 e. The Hall–Kier alpha value is -2.30. The van der Waals surface area contributed by atoms with Crippen molar-refractivity contribution in [3.63, 3.8) is 0 Å². The average molecular weight is 259 g/mol. The minimum absolute atomic E-state index is 0.109. The molecule has 1 heterocycles. The number of anilines is 1. The quantitative estimate of drug-likeness (QED) is 0.866. The molecule has 0 atom stereocenters. The molecule has 0 spiro atoms. The maximum atomic E-state index is 11.3. The first kappa shape index (κ1) is 13.1. The smallest absolute Gasteiger partial charge is 0.252 e. The first-order valence-electron chi connectivity index (χ1n) is 6.00. The molecular weight excluding hydrogens is 242 g/mol. The highest BCUT2D eigenvalue weighted by atomic mass is 16.5. The largest absolute Gasteiger partial charge is 0.488 e. The number of ether oxygens (including phenoxy) is 1. The highest BCUT2D eigenvalue weighted by Crippen LogP contribution is 2.22. The number of hydrogen-bond acceptors (Lipinski definition) is 4. The van der Waals surface area contributed by atoms with Crippen LogP contribution in [0.15, 0.2) is 35.1 Å². The summed E-state index contributed by atoms with van der Waals surface area (Å²) >= 11 is 0. The number of nitrogens with two attached hydrogens (primary N) is 1. The third kappa shape index (κ3) is 3.58. The predicted octanol–water partition coefficient (Wildman–Crippen LogP) is 2.20. The Bertz CT molecular complexity index is 624. The van der Waals surface area contributed by atoms with E-state index in [1.54, 1.807) is 0 Å². The lowest BCUT2D eigenvalue weighted by molar-refractivity contribution is 0.131. The first-order chi connectivity index (χ1) is 8.83. The molecule has 0 saturated heterocycles. The number of H-pyrrole nitrogens is 1. The number of aromatic amines is 1. The Labute approximate surface area is 111 Å². The fourth-order valence-electron chi connectivity index (χ4n) is 1.67. The summed E-state index contributed by atoms with van der Waals surface area (Å²) in [7, 11) is 0. The van der Waals surface area contributed by atoms with Gasteiger partial charge >= 0.3 is 0 Å².